The van der Waals surface area contributed by atoms with Crippen molar-refractivity contribution in [2.75, 3.05) is 19.6 Å². The number of nitrogens with one attached hydrogen (secondary N) is 2. The van der Waals surface area contributed by atoms with Crippen LogP contribution in [-0.2, 0) is 25.4 Å². The molecule has 0 bridgehead atoms. The van der Waals surface area contributed by atoms with Gasteiger partial charge >= 0.3 is 5.69 Å². The summed E-state index contributed by atoms with van der Waals surface area (Å²) in [5, 5.41) is 6.43. The Morgan fingerprint density at radius 2 is 1.87 bits per heavy atom. The van der Waals surface area contributed by atoms with Crippen molar-refractivity contribution in [1.82, 2.24) is 24.3 Å². The molecule has 2 heterocycles. The van der Waals surface area contributed by atoms with Crippen LogP contribution < -0.4 is 21.9 Å². The lowest BCUT2D eigenvalue weighted by molar-refractivity contribution is -0.121. The van der Waals surface area contributed by atoms with Gasteiger partial charge in [-0.05, 0) is 19.0 Å². The SMILES string of the molecule is CCCNCCNC(=O)Cn1ccc2c(=O)n(C)c(=O)n(C)c21. The molecule has 0 aliphatic rings. The summed E-state index contributed by atoms with van der Waals surface area (Å²) in [4.78, 5) is 36.1. The first-order chi connectivity index (χ1) is 11.0. The van der Waals surface area contributed by atoms with Gasteiger partial charge in [0.1, 0.15) is 12.2 Å². The van der Waals surface area contributed by atoms with E-state index >= 15 is 0 Å². The van der Waals surface area contributed by atoms with E-state index in [4.69, 9.17) is 0 Å². The van der Waals surface area contributed by atoms with Crippen molar-refractivity contribution in [2.24, 2.45) is 14.1 Å². The molecule has 0 saturated carbocycles. The number of hydrogen-bond acceptors (Lipinski definition) is 4. The standard InChI is InChI=1S/C15H23N5O3/c1-4-6-16-7-8-17-12(21)10-20-9-5-11-13(20)18(2)15(23)19(3)14(11)22/h5,9,16H,4,6-8,10H2,1-3H3,(H,17,21). The highest BCUT2D eigenvalue weighted by molar-refractivity contribution is 5.80. The molecule has 0 fully saturated rings. The van der Waals surface area contributed by atoms with Crippen LogP contribution in [0.15, 0.2) is 21.9 Å². The highest BCUT2D eigenvalue weighted by Gasteiger charge is 2.14. The fourth-order valence-corrected chi connectivity index (χ4v) is 2.52. The molecule has 2 rings (SSSR count). The molecule has 2 aromatic rings. The molecule has 0 saturated heterocycles. The van der Waals surface area contributed by atoms with Crippen molar-refractivity contribution in [3.63, 3.8) is 0 Å². The quantitative estimate of drug-likeness (QED) is 0.650. The smallest absolute Gasteiger partial charge is 0.332 e. The summed E-state index contributed by atoms with van der Waals surface area (Å²) in [6, 6.07) is 1.63. The van der Waals surface area contributed by atoms with Crippen LogP contribution in [0.1, 0.15) is 13.3 Å². The van der Waals surface area contributed by atoms with E-state index in [2.05, 4.69) is 17.6 Å². The van der Waals surface area contributed by atoms with E-state index in [1.807, 2.05) is 0 Å². The predicted octanol–water partition coefficient (Wildman–Crippen LogP) is -0.845. The summed E-state index contributed by atoms with van der Waals surface area (Å²) < 4.78 is 4.06. The molecule has 0 unspecified atom stereocenters. The van der Waals surface area contributed by atoms with E-state index in [1.54, 1.807) is 23.9 Å². The van der Waals surface area contributed by atoms with Crippen LogP contribution in [0.25, 0.3) is 11.0 Å². The van der Waals surface area contributed by atoms with Gasteiger partial charge in [0.2, 0.25) is 5.91 Å². The third-order valence-corrected chi connectivity index (χ3v) is 3.73. The number of aryl methyl sites for hydroxylation is 1. The maximum Gasteiger partial charge on any atom is 0.332 e. The van der Waals surface area contributed by atoms with Crippen molar-refractivity contribution in [3.05, 3.63) is 33.1 Å². The Balaban J connectivity index is 2.14. The van der Waals surface area contributed by atoms with Crippen LogP contribution in [0.2, 0.25) is 0 Å². The number of hydrogen-bond donors (Lipinski definition) is 2. The van der Waals surface area contributed by atoms with E-state index in [0.29, 0.717) is 24.1 Å². The largest absolute Gasteiger partial charge is 0.353 e. The second-order valence-electron chi connectivity index (χ2n) is 5.49. The van der Waals surface area contributed by atoms with Crippen LogP contribution in [-0.4, -0.2) is 39.2 Å². The predicted molar refractivity (Wildman–Crippen MR) is 88.6 cm³/mol. The molecule has 1 amide bonds. The molecular formula is C15H23N5O3. The van der Waals surface area contributed by atoms with Crippen LogP contribution in [0, 0.1) is 0 Å². The van der Waals surface area contributed by atoms with Crippen molar-refractivity contribution >= 4 is 16.9 Å². The first-order valence-corrected chi connectivity index (χ1v) is 7.69. The average Bonchev–Trinajstić information content (AvgIpc) is 2.94. The number of amides is 1. The highest BCUT2D eigenvalue weighted by Crippen LogP contribution is 2.09. The molecule has 0 aliphatic heterocycles. The first-order valence-electron chi connectivity index (χ1n) is 7.69. The normalized spacial score (nSPS) is 11.1. The molecule has 2 N–H and O–H groups in total. The summed E-state index contributed by atoms with van der Waals surface area (Å²) in [5.74, 6) is -0.158. The summed E-state index contributed by atoms with van der Waals surface area (Å²) in [6.07, 6.45) is 2.70. The van der Waals surface area contributed by atoms with Gasteiger partial charge in [-0.15, -0.1) is 0 Å². The Labute approximate surface area is 133 Å². The van der Waals surface area contributed by atoms with Crippen molar-refractivity contribution in [1.29, 1.82) is 0 Å². The molecule has 23 heavy (non-hydrogen) atoms. The van der Waals surface area contributed by atoms with Gasteiger partial charge < -0.3 is 15.2 Å². The van der Waals surface area contributed by atoms with Gasteiger partial charge in [0, 0.05) is 33.4 Å². The topological polar surface area (TPSA) is 90.1 Å². The Morgan fingerprint density at radius 1 is 1.13 bits per heavy atom. The van der Waals surface area contributed by atoms with Crippen LogP contribution in [0.4, 0.5) is 0 Å². The molecule has 0 spiro atoms. The van der Waals surface area contributed by atoms with Gasteiger partial charge in [-0.25, -0.2) is 4.79 Å². The van der Waals surface area contributed by atoms with E-state index in [9.17, 15) is 14.4 Å². The lowest BCUT2D eigenvalue weighted by Crippen LogP contribution is -2.38. The molecule has 8 nitrogen and oxygen atoms in total. The summed E-state index contributed by atoms with van der Waals surface area (Å²) in [6.45, 7) is 4.32. The number of fused-ring (bicyclic) bond motifs is 1. The summed E-state index contributed by atoms with van der Waals surface area (Å²) in [5.41, 5.74) is -0.310. The maximum atomic E-state index is 12.1. The van der Waals surface area contributed by atoms with E-state index in [-0.39, 0.29) is 18.0 Å². The molecule has 126 valence electrons. The van der Waals surface area contributed by atoms with Crippen LogP contribution >= 0.6 is 0 Å². The van der Waals surface area contributed by atoms with E-state index in [1.165, 1.54) is 11.6 Å². The Kier molecular flexibility index (Phi) is 5.38. The third kappa shape index (κ3) is 3.53. The van der Waals surface area contributed by atoms with Gasteiger partial charge in [0.15, 0.2) is 0 Å². The fraction of sp³-hybridized carbons (Fsp3) is 0.533. The maximum absolute atomic E-state index is 12.1. The number of carbonyl (C=O) groups excluding carboxylic acids is 1. The van der Waals surface area contributed by atoms with Gasteiger partial charge in [0.05, 0.1) is 5.39 Å². The zero-order valence-corrected chi connectivity index (χ0v) is 13.8. The van der Waals surface area contributed by atoms with Crippen LogP contribution in [0.5, 0.6) is 0 Å². The monoisotopic (exact) mass is 321 g/mol. The van der Waals surface area contributed by atoms with Crippen LogP contribution in [0.3, 0.4) is 0 Å². The van der Waals surface area contributed by atoms with Crippen molar-refractivity contribution < 1.29 is 4.79 Å². The number of aromatic nitrogens is 3. The first kappa shape index (κ1) is 17.0. The molecule has 0 aliphatic carbocycles. The van der Waals surface area contributed by atoms with Crippen molar-refractivity contribution in [2.45, 2.75) is 19.9 Å². The van der Waals surface area contributed by atoms with Gasteiger partial charge in [0.25, 0.3) is 5.56 Å². The lowest BCUT2D eigenvalue weighted by Gasteiger charge is -2.10. The summed E-state index contributed by atoms with van der Waals surface area (Å²) in [7, 11) is 3.03. The second-order valence-corrected chi connectivity index (χ2v) is 5.49. The van der Waals surface area contributed by atoms with E-state index in [0.717, 1.165) is 17.5 Å². The minimum atomic E-state index is -0.411. The number of rotatable bonds is 7. The van der Waals surface area contributed by atoms with Gasteiger partial charge in [-0.3, -0.25) is 18.7 Å². The van der Waals surface area contributed by atoms with Gasteiger partial charge in [-0.2, -0.15) is 0 Å². The van der Waals surface area contributed by atoms with E-state index < -0.39 is 5.69 Å². The van der Waals surface area contributed by atoms with Crippen molar-refractivity contribution in [3.8, 4) is 0 Å². The Hall–Kier alpha value is -2.35. The average molecular weight is 321 g/mol. The molecule has 8 heteroatoms. The third-order valence-electron chi connectivity index (χ3n) is 3.73. The second kappa shape index (κ2) is 7.28. The zero-order chi connectivity index (χ0) is 17.0. The lowest BCUT2D eigenvalue weighted by atomic mass is 10.4. The number of carbonyl (C=O) groups is 1. The minimum absolute atomic E-state index is 0.0672. The molecule has 0 radical (unpaired) electrons. The Morgan fingerprint density at radius 3 is 2.57 bits per heavy atom. The molecular weight excluding hydrogens is 298 g/mol. The summed E-state index contributed by atoms with van der Waals surface area (Å²) >= 11 is 0. The minimum Gasteiger partial charge on any atom is -0.353 e. The fourth-order valence-electron chi connectivity index (χ4n) is 2.52. The van der Waals surface area contributed by atoms with Gasteiger partial charge in [-0.1, -0.05) is 6.92 Å². The molecule has 0 aromatic carbocycles. The molecule has 2 aromatic heterocycles. The molecule has 0 atom stereocenters. The Bertz CT molecular complexity index is 815. The number of nitrogens with zero attached hydrogens (tertiary/aromatic N) is 3. The highest BCUT2D eigenvalue weighted by atomic mass is 16.2. The zero-order valence-electron chi connectivity index (χ0n) is 13.8.